The van der Waals surface area contributed by atoms with Gasteiger partial charge in [-0.3, -0.25) is 38.2 Å². The van der Waals surface area contributed by atoms with Crippen molar-refractivity contribution < 1.29 is 65.1 Å². The minimum atomic E-state index is -1.36. The van der Waals surface area contributed by atoms with Crippen LogP contribution >= 0.6 is 0 Å². The predicted octanol–water partition coefficient (Wildman–Crippen LogP) is 0.00782. The number of aliphatic hydroxyl groups is 6. The van der Waals surface area contributed by atoms with E-state index in [0.717, 1.165) is 41.3 Å². The van der Waals surface area contributed by atoms with Crippen LogP contribution in [0.3, 0.4) is 0 Å². The lowest BCUT2D eigenvalue weighted by Gasteiger charge is -2.71. The Labute approximate surface area is 436 Å². The number of hydrogen-bond donors (Lipinski definition) is 11. The number of rotatable bonds is 28. The van der Waals surface area contributed by atoms with E-state index in [9.17, 15) is 79.5 Å². The van der Waals surface area contributed by atoms with Crippen LogP contribution in [0.5, 0.6) is 17.2 Å². The number of amides is 2. The van der Waals surface area contributed by atoms with Crippen molar-refractivity contribution in [1.29, 1.82) is 0 Å². The highest BCUT2D eigenvalue weighted by molar-refractivity contribution is 5.97. The fourth-order valence-corrected chi connectivity index (χ4v) is 13.2. The van der Waals surface area contributed by atoms with Gasteiger partial charge in [-0.05, 0) is 92.8 Å². The highest BCUT2D eigenvalue weighted by Gasteiger charge is 2.67. The van der Waals surface area contributed by atoms with Crippen molar-refractivity contribution in [2.24, 2.45) is 21.7 Å². The van der Waals surface area contributed by atoms with E-state index < -0.39 is 116 Å². The number of nitrogens with zero attached hydrogens (tertiary/aromatic N) is 6. The Morgan fingerprint density at radius 1 is 0.579 bits per heavy atom. The molecule has 4 fully saturated rings. The van der Waals surface area contributed by atoms with Gasteiger partial charge < -0.3 is 70.3 Å². The number of Topliss-reactive ketones (excluding diaryl/α,β-unsaturated/α-hetero) is 2. The number of hydrogen-bond acceptors (Lipinski definition) is 18. The van der Waals surface area contributed by atoms with Gasteiger partial charge in [0.2, 0.25) is 22.2 Å². The van der Waals surface area contributed by atoms with Crippen LogP contribution in [0.25, 0.3) is 0 Å². The van der Waals surface area contributed by atoms with Crippen LogP contribution in [-0.4, -0.2) is 149 Å². The zero-order chi connectivity index (χ0) is 55.2. The summed E-state index contributed by atoms with van der Waals surface area (Å²) < 4.78 is 5.29. The molecule has 414 valence electrons. The molecule has 0 aliphatic heterocycles. The van der Waals surface area contributed by atoms with Crippen molar-refractivity contribution in [3.05, 3.63) is 96.4 Å². The molecule has 4 aromatic rings. The molecule has 0 radical (unpaired) electrons. The molecule has 7 atom stereocenters. The summed E-state index contributed by atoms with van der Waals surface area (Å²) in [7, 11) is 0. The predicted molar refractivity (Wildman–Crippen MR) is 270 cm³/mol. The van der Waals surface area contributed by atoms with Crippen LogP contribution in [0.1, 0.15) is 127 Å². The van der Waals surface area contributed by atoms with Crippen molar-refractivity contribution in [2.75, 3.05) is 32.9 Å². The molecule has 4 bridgehead atoms. The summed E-state index contributed by atoms with van der Waals surface area (Å²) in [5.41, 5.74) is -6.19. The van der Waals surface area contributed by atoms with E-state index in [1.807, 2.05) is 13.1 Å². The molecule has 8 rings (SSSR count). The van der Waals surface area contributed by atoms with Gasteiger partial charge in [0.25, 0.3) is 5.91 Å². The smallest absolute Gasteiger partial charge is 0.271 e. The lowest BCUT2D eigenvalue weighted by atomic mass is 9.34. The van der Waals surface area contributed by atoms with E-state index in [4.69, 9.17) is 0 Å². The molecule has 2 amide bonds. The summed E-state index contributed by atoms with van der Waals surface area (Å²) in [6.07, 6.45) is 5.99. The number of ketones is 2. The quantitative estimate of drug-likeness (QED) is 0.0264. The van der Waals surface area contributed by atoms with E-state index in [1.54, 1.807) is 4.68 Å². The number of aromatic hydroxyl groups is 3. The Hall–Kier alpha value is -6.57. The average Bonchev–Trinajstić information content (AvgIpc) is 3.95. The highest BCUT2D eigenvalue weighted by Crippen LogP contribution is 2.75. The van der Waals surface area contributed by atoms with Crippen molar-refractivity contribution in [2.45, 2.75) is 141 Å². The zero-order valence-electron chi connectivity index (χ0n) is 42.6. The van der Waals surface area contributed by atoms with Gasteiger partial charge in [0, 0.05) is 81.9 Å². The number of nitrogens with one attached hydrogen (secondary N) is 2. The summed E-state index contributed by atoms with van der Waals surface area (Å²) >= 11 is 0. The van der Waals surface area contributed by atoms with E-state index in [0.29, 0.717) is 51.5 Å². The molecule has 24 heteroatoms. The third-order valence-electron chi connectivity index (χ3n) is 15.5. The normalized spacial score (nSPS) is 22.8. The first kappa shape index (κ1) is 57.1. The van der Waals surface area contributed by atoms with E-state index in [1.165, 1.54) is 27.7 Å². The van der Waals surface area contributed by atoms with Gasteiger partial charge in [0.15, 0.2) is 34.5 Å². The fourth-order valence-electron chi connectivity index (χ4n) is 13.2. The third kappa shape index (κ3) is 13.0. The molecular weight excluding hydrogens is 993 g/mol. The largest absolute Gasteiger partial charge is 0.503 e. The number of aromatic nitrogens is 6. The monoisotopic (exact) mass is 1060 g/mol. The second-order valence-electron chi connectivity index (χ2n) is 21.9. The summed E-state index contributed by atoms with van der Waals surface area (Å²) in [6, 6.07) is 3.07. The van der Waals surface area contributed by atoms with Gasteiger partial charge in [-0.25, -0.2) is 0 Å². The van der Waals surface area contributed by atoms with E-state index >= 15 is 0 Å². The van der Waals surface area contributed by atoms with Gasteiger partial charge in [-0.2, -0.15) is 0 Å². The van der Waals surface area contributed by atoms with Gasteiger partial charge in [0.05, 0.1) is 63.5 Å². The molecule has 4 aliphatic rings. The number of unbranched alkanes of at least 4 members (excludes halogenated alkanes) is 2. The summed E-state index contributed by atoms with van der Waals surface area (Å²) in [4.78, 5) is 95.1. The van der Waals surface area contributed by atoms with Crippen LogP contribution in [0.4, 0.5) is 0 Å². The lowest BCUT2D eigenvalue weighted by Crippen LogP contribution is -2.65. The first-order valence-corrected chi connectivity index (χ1v) is 25.7. The minimum absolute atomic E-state index is 0.0839. The van der Waals surface area contributed by atoms with Crippen molar-refractivity contribution in [3.8, 4) is 17.2 Å². The van der Waals surface area contributed by atoms with Crippen LogP contribution in [-0.2, 0) is 31.0 Å². The first-order valence-electron chi connectivity index (χ1n) is 25.7. The number of pyridine rings is 3. The Balaban J connectivity index is 1.25. The SMILES string of the molecule is Cc1cn(CCCCCC(=O)NCC23CC4(CNC(=O)c5c(O)c(=O)ccn5CC(O)CO)C[C@](CCC(=O)c5c(O)c(=O)ccn5CC(O)CO)(C2)C[C@](CCC(=O)c2c(O)c(=O)ccn2CC(O)CO)(C3)C4)nn1. The molecule has 0 aromatic carbocycles. The Bertz CT molecular complexity index is 2700. The number of carbonyl (C=O) groups is 4. The highest BCUT2D eigenvalue weighted by atomic mass is 16.3. The zero-order valence-corrected chi connectivity index (χ0v) is 42.6. The van der Waals surface area contributed by atoms with Gasteiger partial charge in [0.1, 0.15) is 11.4 Å². The van der Waals surface area contributed by atoms with Crippen molar-refractivity contribution >= 4 is 23.4 Å². The van der Waals surface area contributed by atoms with Crippen LogP contribution in [0.15, 0.2) is 57.4 Å². The summed E-state index contributed by atoms with van der Waals surface area (Å²) in [6.45, 7) is -0.498. The van der Waals surface area contributed by atoms with Crippen LogP contribution in [0.2, 0.25) is 0 Å². The van der Waals surface area contributed by atoms with Crippen molar-refractivity contribution in [3.63, 3.8) is 0 Å². The standard InChI is InChI=1S/C52H70N8O16/c1-32-17-60(56-55-32)13-4-2-3-5-41(72)53-30-51-25-49(11-6-36(67)42-45(73)38(69)8-14-57(42)18-33(64)21-61)24-50(26-51,12-7-37(68)43-46(74)39(70)9-15-58(43)19-34(65)22-62)28-52(27-49,29-51)31-54-48(76)44-47(75)40(71)10-16-59(44)20-35(66)23-63/h8-10,14-17,33-35,61-66,73-75H,2-7,11-13,18-31H2,1H3,(H,53,72)(H,54,76)/t33?,34?,35?,49-,50+,51?,52?. The molecule has 0 saturated heterocycles. The molecule has 4 aliphatic carbocycles. The van der Waals surface area contributed by atoms with Crippen LogP contribution in [0, 0.1) is 28.6 Å². The van der Waals surface area contributed by atoms with Gasteiger partial charge in [-0.1, -0.05) is 11.6 Å². The van der Waals surface area contributed by atoms with Crippen molar-refractivity contribution in [1.82, 2.24) is 39.3 Å². The van der Waals surface area contributed by atoms with E-state index in [-0.39, 0.29) is 82.1 Å². The summed E-state index contributed by atoms with van der Waals surface area (Å²) in [5.74, 6) is -4.95. The number of carbonyl (C=O) groups excluding carboxylic acids is 4. The molecule has 4 aromatic heterocycles. The molecule has 11 N–H and O–H groups in total. The first-order chi connectivity index (χ1) is 36.1. The molecular formula is C52H70N8O16. The average molecular weight is 1060 g/mol. The maximum absolute atomic E-state index is 14.4. The number of aryl methyl sites for hydroxylation is 2. The topological polar surface area (TPSA) is 371 Å². The summed E-state index contributed by atoms with van der Waals surface area (Å²) in [5, 5.41) is 107. The Morgan fingerprint density at radius 2 is 0.987 bits per heavy atom. The maximum atomic E-state index is 14.4. The molecule has 5 unspecified atom stereocenters. The molecule has 4 heterocycles. The number of aliphatic hydroxyl groups excluding tert-OH is 6. The Morgan fingerprint density at radius 3 is 1.42 bits per heavy atom. The second kappa shape index (κ2) is 23.8. The molecule has 24 nitrogen and oxygen atoms in total. The second-order valence-corrected chi connectivity index (χ2v) is 21.9. The van der Waals surface area contributed by atoms with Gasteiger partial charge >= 0.3 is 0 Å². The third-order valence-corrected chi connectivity index (χ3v) is 15.5. The van der Waals surface area contributed by atoms with Gasteiger partial charge in [-0.15, -0.1) is 5.10 Å². The minimum Gasteiger partial charge on any atom is -0.503 e. The maximum Gasteiger partial charge on any atom is 0.271 e. The molecule has 0 spiro atoms. The molecule has 4 saturated carbocycles. The van der Waals surface area contributed by atoms with Crippen LogP contribution < -0.4 is 26.9 Å². The van der Waals surface area contributed by atoms with E-state index in [2.05, 4.69) is 20.9 Å². The Kier molecular flexibility index (Phi) is 17.9. The molecule has 76 heavy (non-hydrogen) atoms. The lowest BCUT2D eigenvalue weighted by molar-refractivity contribution is -0.202. The fraction of sp³-hybridized carbons (Fsp3) is 0.596.